The van der Waals surface area contributed by atoms with Gasteiger partial charge >= 0.3 is 20.2 Å². The fourth-order valence-electron chi connectivity index (χ4n) is 3.23. The Hall–Kier alpha value is -3.17. The first-order chi connectivity index (χ1) is 17.0. The summed E-state index contributed by atoms with van der Waals surface area (Å²) in [4.78, 5) is -0.480. The smallest absolute Gasteiger partial charge is 0.339 e. The van der Waals surface area contributed by atoms with Gasteiger partial charge in [0.15, 0.2) is 0 Å². The van der Waals surface area contributed by atoms with Crippen molar-refractivity contribution in [1.82, 2.24) is 4.31 Å². The molecule has 0 amide bonds. The molecule has 0 saturated carbocycles. The Bertz CT molecular complexity index is 1530. The van der Waals surface area contributed by atoms with Crippen molar-refractivity contribution in [1.29, 1.82) is 0 Å². The summed E-state index contributed by atoms with van der Waals surface area (Å²) in [5.74, 6) is -0.359. The number of rotatable bonds is 8. The van der Waals surface area contributed by atoms with Crippen LogP contribution in [0.1, 0.15) is 0 Å². The molecule has 0 radical (unpaired) electrons. The van der Waals surface area contributed by atoms with Gasteiger partial charge in [-0.3, -0.25) is 0 Å². The minimum atomic E-state index is -4.31. The van der Waals surface area contributed by atoms with E-state index < -0.39 is 30.3 Å². The average Bonchev–Trinajstić information content (AvgIpc) is 2.85. The molecule has 1 aliphatic rings. The van der Waals surface area contributed by atoms with Gasteiger partial charge in [-0.15, -0.1) is 0 Å². The number of aromatic hydroxyl groups is 1. The largest absolute Gasteiger partial charge is 0.508 e. The number of ether oxygens (including phenoxy) is 1. The van der Waals surface area contributed by atoms with Crippen LogP contribution in [0, 0.1) is 0 Å². The van der Waals surface area contributed by atoms with Crippen LogP contribution in [0.2, 0.25) is 0 Å². The molecule has 0 unspecified atom stereocenters. The number of phenolic OH excluding ortho intramolecular Hbond substituents is 1. The molecular weight excluding hydrogens is 534 g/mol. The van der Waals surface area contributed by atoms with E-state index in [-0.39, 0.29) is 45.0 Å². The van der Waals surface area contributed by atoms with Crippen molar-refractivity contribution in [2.75, 3.05) is 26.3 Å². The van der Waals surface area contributed by atoms with Crippen molar-refractivity contribution < 1.29 is 43.5 Å². The summed E-state index contributed by atoms with van der Waals surface area (Å²) < 4.78 is 91.8. The van der Waals surface area contributed by atoms with E-state index in [2.05, 4.69) is 0 Å². The Morgan fingerprint density at radius 2 is 1.00 bits per heavy atom. The maximum atomic E-state index is 12.7. The van der Waals surface area contributed by atoms with Gasteiger partial charge in [0.05, 0.1) is 18.1 Å². The highest BCUT2D eigenvalue weighted by molar-refractivity contribution is 7.89. The SMILES string of the molecule is O=S(=O)(Oc1ccc(S(=O)(=O)Oc2ccc(S(=O)(=O)N3CCOCC3)cc2)cc1)c1ccc(O)cc1. The van der Waals surface area contributed by atoms with Gasteiger partial charge in [0.2, 0.25) is 10.0 Å². The number of hydrogen-bond acceptors (Lipinski definition) is 10. The predicted octanol–water partition coefficient (Wildman–Crippen LogP) is 1.95. The highest BCUT2D eigenvalue weighted by Crippen LogP contribution is 2.26. The van der Waals surface area contributed by atoms with E-state index in [4.69, 9.17) is 13.1 Å². The topological polar surface area (TPSA) is 154 Å². The van der Waals surface area contributed by atoms with Crippen molar-refractivity contribution in [2.45, 2.75) is 14.7 Å². The van der Waals surface area contributed by atoms with Gasteiger partial charge in [0.25, 0.3) is 0 Å². The number of phenols is 1. The van der Waals surface area contributed by atoms with E-state index in [0.29, 0.717) is 13.2 Å². The molecule has 1 aliphatic heterocycles. The maximum absolute atomic E-state index is 12.7. The first-order valence-corrected chi connectivity index (χ1v) is 14.7. The molecule has 11 nitrogen and oxygen atoms in total. The van der Waals surface area contributed by atoms with Crippen molar-refractivity contribution in [2.24, 2.45) is 0 Å². The minimum absolute atomic E-state index is 0.00881. The molecule has 3 aromatic rings. The van der Waals surface area contributed by atoms with Crippen molar-refractivity contribution in [3.63, 3.8) is 0 Å². The van der Waals surface area contributed by atoms with Crippen molar-refractivity contribution >= 4 is 30.3 Å². The average molecular weight is 556 g/mol. The van der Waals surface area contributed by atoms with Gasteiger partial charge in [-0.1, -0.05) is 0 Å². The zero-order valence-corrected chi connectivity index (χ0v) is 21.0. The lowest BCUT2D eigenvalue weighted by Crippen LogP contribution is -2.40. The Morgan fingerprint density at radius 3 is 1.44 bits per heavy atom. The molecule has 0 aromatic heterocycles. The van der Waals surface area contributed by atoms with E-state index in [9.17, 15) is 30.4 Å². The quantitative estimate of drug-likeness (QED) is 0.408. The second-order valence-corrected chi connectivity index (χ2v) is 12.6. The zero-order valence-electron chi connectivity index (χ0n) is 18.6. The summed E-state index contributed by atoms with van der Waals surface area (Å²) in [5.41, 5.74) is 0. The monoisotopic (exact) mass is 555 g/mol. The summed E-state index contributed by atoms with van der Waals surface area (Å²) in [6.45, 7) is 1.05. The van der Waals surface area contributed by atoms with Crippen LogP contribution in [0.3, 0.4) is 0 Å². The molecule has 192 valence electrons. The Kier molecular flexibility index (Phi) is 7.24. The predicted molar refractivity (Wildman–Crippen MR) is 126 cm³/mol. The van der Waals surface area contributed by atoms with Gasteiger partial charge in [-0.25, -0.2) is 8.42 Å². The number of sulfonamides is 1. The summed E-state index contributed by atoms with van der Waals surface area (Å²) in [6.07, 6.45) is 0. The number of hydrogen-bond donors (Lipinski definition) is 1. The van der Waals surface area contributed by atoms with E-state index >= 15 is 0 Å². The molecule has 1 heterocycles. The molecule has 0 atom stereocenters. The van der Waals surface area contributed by atoms with Crippen LogP contribution in [0.5, 0.6) is 17.2 Å². The lowest BCUT2D eigenvalue weighted by Gasteiger charge is -2.26. The van der Waals surface area contributed by atoms with E-state index in [1.54, 1.807) is 0 Å². The highest BCUT2D eigenvalue weighted by Gasteiger charge is 2.26. The third-order valence-electron chi connectivity index (χ3n) is 5.08. The van der Waals surface area contributed by atoms with E-state index in [0.717, 1.165) is 36.4 Å². The van der Waals surface area contributed by atoms with Gasteiger partial charge in [0.1, 0.15) is 27.0 Å². The van der Waals surface area contributed by atoms with Gasteiger partial charge in [-0.05, 0) is 72.8 Å². The third-order valence-corrected chi connectivity index (χ3v) is 9.52. The molecule has 1 fully saturated rings. The zero-order chi connectivity index (χ0) is 26.0. The number of morpholine rings is 1. The maximum Gasteiger partial charge on any atom is 0.339 e. The lowest BCUT2D eigenvalue weighted by atomic mass is 10.3. The van der Waals surface area contributed by atoms with Gasteiger partial charge in [-0.2, -0.15) is 21.1 Å². The number of nitrogens with zero attached hydrogens (tertiary/aromatic N) is 1. The van der Waals surface area contributed by atoms with Gasteiger partial charge in [0, 0.05) is 13.1 Å². The molecule has 36 heavy (non-hydrogen) atoms. The van der Waals surface area contributed by atoms with Crippen LogP contribution in [0.15, 0.2) is 87.5 Å². The second kappa shape index (κ2) is 10.1. The summed E-state index contributed by atoms with van der Waals surface area (Å²) >= 11 is 0. The molecule has 0 bridgehead atoms. The second-order valence-electron chi connectivity index (χ2n) is 7.53. The van der Waals surface area contributed by atoms with Crippen LogP contribution >= 0.6 is 0 Å². The Labute approximate surface area is 208 Å². The van der Waals surface area contributed by atoms with Crippen LogP contribution in [0.4, 0.5) is 0 Å². The fraction of sp³-hybridized carbons (Fsp3) is 0.182. The first-order valence-electron chi connectivity index (χ1n) is 10.4. The highest BCUT2D eigenvalue weighted by atomic mass is 32.2. The molecular formula is C22H21NO10S3. The minimum Gasteiger partial charge on any atom is -0.508 e. The first kappa shape index (κ1) is 25.9. The van der Waals surface area contributed by atoms with Crippen LogP contribution in [-0.4, -0.2) is 61.0 Å². The standard InChI is InChI=1S/C22H21NO10S3/c24-17-1-7-21(8-2-17)35(27,28)33-19-5-11-22(12-6-19)36(29,30)32-18-3-9-20(10-4-18)34(25,26)23-13-15-31-16-14-23/h1-12,24H,13-16H2. The molecule has 0 spiro atoms. The molecule has 0 aliphatic carbocycles. The molecule has 14 heteroatoms. The molecule has 4 rings (SSSR count). The molecule has 3 aromatic carbocycles. The van der Waals surface area contributed by atoms with Crippen molar-refractivity contribution in [3.05, 3.63) is 72.8 Å². The van der Waals surface area contributed by atoms with Crippen molar-refractivity contribution in [3.8, 4) is 17.2 Å². The van der Waals surface area contributed by atoms with E-state index in [1.165, 1.54) is 40.7 Å². The Balaban J connectivity index is 1.45. The van der Waals surface area contributed by atoms with E-state index in [1.807, 2.05) is 0 Å². The molecule has 1 saturated heterocycles. The summed E-state index contributed by atoms with van der Waals surface area (Å²) in [6, 6.07) is 14.2. The van der Waals surface area contributed by atoms with Crippen LogP contribution in [-0.2, 0) is 35.0 Å². The summed E-state index contributed by atoms with van der Waals surface area (Å²) in [5, 5.41) is 9.29. The lowest BCUT2D eigenvalue weighted by molar-refractivity contribution is 0.0730. The fourth-order valence-corrected chi connectivity index (χ4v) is 6.50. The molecule has 1 N–H and O–H groups in total. The number of benzene rings is 3. The summed E-state index contributed by atoms with van der Waals surface area (Å²) in [7, 11) is -12.3. The third kappa shape index (κ3) is 5.79. The van der Waals surface area contributed by atoms with Gasteiger partial charge < -0.3 is 18.2 Å². The van der Waals surface area contributed by atoms with Crippen LogP contribution in [0.25, 0.3) is 0 Å². The van der Waals surface area contributed by atoms with Crippen LogP contribution < -0.4 is 8.37 Å². The normalized spacial score (nSPS) is 15.3. The Morgan fingerprint density at radius 1 is 0.611 bits per heavy atom.